The fraction of sp³-hybridized carbons (Fsp3) is 1.00. The van der Waals surface area contributed by atoms with Gasteiger partial charge in [-0.15, -0.1) is 0 Å². The van der Waals surface area contributed by atoms with Gasteiger partial charge in [-0.3, -0.25) is 4.55 Å². The lowest BCUT2D eigenvalue weighted by atomic mass is 9.87. The molecule has 2 aliphatic rings. The molecule has 5 heteroatoms. The molecule has 2 unspecified atom stereocenters. The lowest BCUT2D eigenvalue weighted by molar-refractivity contribution is 0.278. The number of fused-ring (bicyclic) bond motifs is 1. The lowest BCUT2D eigenvalue weighted by Crippen LogP contribution is -2.23. The normalized spacial score (nSPS) is 38.4. The quantitative estimate of drug-likeness (QED) is 0.552. The van der Waals surface area contributed by atoms with Crippen LogP contribution in [-0.2, 0) is 14.9 Å². The van der Waals surface area contributed by atoms with Gasteiger partial charge >= 0.3 is 0 Å². The molecular weight excluding hydrogens is 192 g/mol. The Labute approximate surface area is 78.0 Å². The van der Waals surface area contributed by atoms with Crippen molar-refractivity contribution < 1.29 is 17.7 Å². The summed E-state index contributed by atoms with van der Waals surface area (Å²) in [5.41, 5.74) is -0.186. The number of epoxide rings is 1. The van der Waals surface area contributed by atoms with Crippen LogP contribution in [0, 0.1) is 0 Å². The van der Waals surface area contributed by atoms with E-state index < -0.39 is 10.1 Å². The van der Waals surface area contributed by atoms with Crippen molar-refractivity contribution in [3.63, 3.8) is 0 Å². The van der Waals surface area contributed by atoms with Crippen LogP contribution in [0.3, 0.4) is 0 Å². The molecule has 4 nitrogen and oxygen atoms in total. The van der Waals surface area contributed by atoms with Gasteiger partial charge in [-0.05, 0) is 19.3 Å². The number of hydrogen-bond acceptors (Lipinski definition) is 3. The molecule has 2 atom stereocenters. The molecule has 0 radical (unpaired) electrons. The maximum atomic E-state index is 10.5. The van der Waals surface area contributed by atoms with Gasteiger partial charge in [0.25, 0.3) is 10.1 Å². The Bertz CT molecular complexity index is 297. The predicted molar refractivity (Wildman–Crippen MR) is 47.1 cm³/mol. The second-order valence-electron chi connectivity index (χ2n) is 3.95. The third-order valence-corrected chi connectivity index (χ3v) is 3.73. The highest BCUT2D eigenvalue weighted by molar-refractivity contribution is 7.85. The summed E-state index contributed by atoms with van der Waals surface area (Å²) < 4.78 is 35.2. The van der Waals surface area contributed by atoms with Crippen LogP contribution in [0.4, 0.5) is 0 Å². The summed E-state index contributed by atoms with van der Waals surface area (Å²) in [6, 6.07) is 0. The first kappa shape index (κ1) is 9.43. The molecule has 0 aromatic heterocycles. The van der Waals surface area contributed by atoms with E-state index in [2.05, 4.69) is 0 Å². The molecule has 0 aromatic carbocycles. The second-order valence-corrected chi connectivity index (χ2v) is 5.53. The van der Waals surface area contributed by atoms with Gasteiger partial charge in [-0.2, -0.15) is 8.42 Å². The van der Waals surface area contributed by atoms with Crippen LogP contribution >= 0.6 is 0 Å². The Balaban J connectivity index is 1.89. The minimum absolute atomic E-state index is 0.163. The summed E-state index contributed by atoms with van der Waals surface area (Å²) in [7, 11) is -3.81. The maximum absolute atomic E-state index is 10.5. The smallest absolute Gasteiger partial charge is 0.264 e. The molecule has 0 spiro atoms. The Morgan fingerprint density at radius 1 is 1.46 bits per heavy atom. The van der Waals surface area contributed by atoms with Crippen molar-refractivity contribution in [1.29, 1.82) is 0 Å². The molecule has 1 aliphatic carbocycles. The number of rotatable bonds is 3. The van der Waals surface area contributed by atoms with E-state index in [0.717, 1.165) is 19.3 Å². The first-order chi connectivity index (χ1) is 6.02. The van der Waals surface area contributed by atoms with E-state index in [-0.39, 0.29) is 17.5 Å². The van der Waals surface area contributed by atoms with Gasteiger partial charge in [0.2, 0.25) is 0 Å². The standard InChI is InChI=1S/C8H14O4S/c9-13(10,11)6-5-8-4-2-1-3-7(8)12-8/h7H,1-6H2,(H,9,10,11). The zero-order chi connectivity index (χ0) is 9.53. The van der Waals surface area contributed by atoms with Gasteiger partial charge in [0.15, 0.2) is 0 Å². The van der Waals surface area contributed by atoms with Crippen LogP contribution in [0.15, 0.2) is 0 Å². The van der Waals surface area contributed by atoms with Crippen LogP contribution < -0.4 is 0 Å². The number of hydrogen-bond donors (Lipinski definition) is 1. The highest BCUT2D eigenvalue weighted by atomic mass is 32.2. The zero-order valence-corrected chi connectivity index (χ0v) is 8.22. The molecule has 1 saturated carbocycles. The zero-order valence-electron chi connectivity index (χ0n) is 7.40. The van der Waals surface area contributed by atoms with E-state index in [4.69, 9.17) is 9.29 Å². The molecular formula is C8H14O4S. The first-order valence-electron chi connectivity index (χ1n) is 4.65. The van der Waals surface area contributed by atoms with E-state index in [0.29, 0.717) is 6.42 Å². The Morgan fingerprint density at radius 2 is 2.23 bits per heavy atom. The number of ether oxygens (including phenoxy) is 1. The topological polar surface area (TPSA) is 66.9 Å². The van der Waals surface area contributed by atoms with E-state index in [1.54, 1.807) is 0 Å². The van der Waals surface area contributed by atoms with Crippen molar-refractivity contribution >= 4 is 10.1 Å². The van der Waals surface area contributed by atoms with E-state index in [9.17, 15) is 8.42 Å². The van der Waals surface area contributed by atoms with Crippen LogP contribution in [0.2, 0.25) is 0 Å². The molecule has 1 saturated heterocycles. The largest absolute Gasteiger partial charge is 0.366 e. The van der Waals surface area contributed by atoms with Crippen molar-refractivity contribution in [1.82, 2.24) is 0 Å². The average molecular weight is 206 g/mol. The van der Waals surface area contributed by atoms with Crippen LogP contribution in [0.25, 0.3) is 0 Å². The molecule has 0 aromatic rings. The predicted octanol–water partition coefficient (Wildman–Crippen LogP) is 0.976. The van der Waals surface area contributed by atoms with E-state index in [1.165, 1.54) is 6.42 Å². The van der Waals surface area contributed by atoms with Crippen LogP contribution in [0.1, 0.15) is 32.1 Å². The maximum Gasteiger partial charge on any atom is 0.264 e. The Hall–Kier alpha value is -0.130. The second kappa shape index (κ2) is 2.93. The molecule has 0 bridgehead atoms. The van der Waals surface area contributed by atoms with Gasteiger partial charge < -0.3 is 4.74 Å². The summed E-state index contributed by atoms with van der Waals surface area (Å²) in [6.07, 6.45) is 5.01. The fourth-order valence-corrected chi connectivity index (χ4v) is 2.80. The first-order valence-corrected chi connectivity index (χ1v) is 6.26. The van der Waals surface area contributed by atoms with E-state index >= 15 is 0 Å². The van der Waals surface area contributed by atoms with E-state index in [1.807, 2.05) is 0 Å². The third-order valence-electron chi connectivity index (χ3n) is 3.01. The van der Waals surface area contributed by atoms with Gasteiger partial charge in [-0.1, -0.05) is 12.8 Å². The van der Waals surface area contributed by atoms with Gasteiger partial charge in [-0.25, -0.2) is 0 Å². The van der Waals surface area contributed by atoms with Crippen molar-refractivity contribution in [3.8, 4) is 0 Å². The SMILES string of the molecule is O=S(=O)(O)CCC12CCCCC1O2. The van der Waals surface area contributed by atoms with Gasteiger partial charge in [0.1, 0.15) is 0 Å². The summed E-state index contributed by atoms with van der Waals surface area (Å²) in [5, 5.41) is 0. The van der Waals surface area contributed by atoms with Gasteiger partial charge in [0.05, 0.1) is 17.5 Å². The molecule has 1 N–H and O–H groups in total. The highest BCUT2D eigenvalue weighted by Crippen LogP contribution is 2.50. The molecule has 2 rings (SSSR count). The average Bonchev–Trinajstić information content (AvgIpc) is 2.74. The summed E-state index contributed by atoms with van der Waals surface area (Å²) >= 11 is 0. The molecule has 13 heavy (non-hydrogen) atoms. The molecule has 76 valence electrons. The fourth-order valence-electron chi connectivity index (χ4n) is 2.19. The Morgan fingerprint density at radius 3 is 2.85 bits per heavy atom. The summed E-state index contributed by atoms with van der Waals surface area (Å²) in [6.45, 7) is 0. The van der Waals surface area contributed by atoms with Crippen LogP contribution in [0.5, 0.6) is 0 Å². The molecule has 1 aliphatic heterocycles. The minimum Gasteiger partial charge on any atom is -0.366 e. The summed E-state index contributed by atoms with van der Waals surface area (Å²) in [4.78, 5) is 0. The Kier molecular flexibility index (Phi) is 2.13. The van der Waals surface area contributed by atoms with Crippen molar-refractivity contribution in [3.05, 3.63) is 0 Å². The monoisotopic (exact) mass is 206 g/mol. The minimum atomic E-state index is -3.81. The highest BCUT2D eigenvalue weighted by Gasteiger charge is 2.56. The van der Waals surface area contributed by atoms with Crippen LogP contribution in [-0.4, -0.2) is 30.4 Å². The molecule has 2 fully saturated rings. The summed E-state index contributed by atoms with van der Waals surface area (Å²) in [5.74, 6) is -0.163. The third kappa shape index (κ3) is 2.03. The molecule has 1 heterocycles. The van der Waals surface area contributed by atoms with Crippen molar-refractivity contribution in [2.24, 2.45) is 0 Å². The lowest BCUT2D eigenvalue weighted by Gasteiger charge is -2.15. The van der Waals surface area contributed by atoms with Gasteiger partial charge in [0, 0.05) is 0 Å². The molecule has 0 amide bonds. The van der Waals surface area contributed by atoms with Crippen molar-refractivity contribution in [2.45, 2.75) is 43.8 Å². The van der Waals surface area contributed by atoms with Crippen molar-refractivity contribution in [2.75, 3.05) is 5.75 Å².